The van der Waals surface area contributed by atoms with Crippen LogP contribution in [-0.2, 0) is 6.54 Å². The van der Waals surface area contributed by atoms with Gasteiger partial charge in [-0.05, 0) is 11.8 Å². The van der Waals surface area contributed by atoms with Crippen LogP contribution in [0.15, 0.2) is 15.9 Å². The molecule has 0 N–H and O–H groups in total. The first-order valence-corrected chi connectivity index (χ1v) is 4.93. The summed E-state index contributed by atoms with van der Waals surface area (Å²) in [5.41, 5.74) is 0. The van der Waals surface area contributed by atoms with E-state index in [2.05, 4.69) is 16.1 Å². The Bertz CT molecular complexity index is 191. The van der Waals surface area contributed by atoms with Crippen LogP contribution < -0.4 is 21.5 Å². The second kappa shape index (κ2) is 3.74. The van der Waals surface area contributed by atoms with E-state index in [0.29, 0.717) is 0 Å². The number of thiazole rings is 1. The van der Waals surface area contributed by atoms with Crippen LogP contribution >= 0.6 is 23.1 Å². The molecule has 0 radical (unpaired) electrons. The highest BCUT2D eigenvalue weighted by atomic mass is 79.9. The van der Waals surface area contributed by atoms with E-state index in [4.69, 9.17) is 0 Å². The van der Waals surface area contributed by atoms with Crippen molar-refractivity contribution < 1.29 is 21.5 Å². The number of fused-ring (bicyclic) bond motifs is 1. The summed E-state index contributed by atoms with van der Waals surface area (Å²) in [4.78, 5) is 0. The first kappa shape index (κ1) is 8.56. The minimum Gasteiger partial charge on any atom is -1.00 e. The Morgan fingerprint density at radius 3 is 3.20 bits per heavy atom. The molecule has 0 saturated heterocycles. The monoisotopic (exact) mass is 237 g/mol. The van der Waals surface area contributed by atoms with Gasteiger partial charge >= 0.3 is 0 Å². The predicted molar refractivity (Wildman–Crippen MR) is 39.9 cm³/mol. The maximum absolute atomic E-state index is 2.33. The van der Waals surface area contributed by atoms with Gasteiger partial charge in [-0.25, -0.2) is 0 Å². The SMILES string of the molecule is [Br-].c1c[n+]2c(s1)SCCC2. The molecule has 1 aromatic heterocycles. The lowest BCUT2D eigenvalue weighted by atomic mass is 10.5. The van der Waals surface area contributed by atoms with Gasteiger partial charge in [0.2, 0.25) is 0 Å². The highest BCUT2D eigenvalue weighted by Gasteiger charge is 2.16. The Kier molecular flexibility index (Phi) is 3.20. The summed E-state index contributed by atoms with van der Waals surface area (Å²) in [6, 6.07) is 0. The van der Waals surface area contributed by atoms with Gasteiger partial charge in [0.05, 0.1) is 5.38 Å². The molecule has 0 bridgehead atoms. The smallest absolute Gasteiger partial charge is 0.297 e. The van der Waals surface area contributed by atoms with E-state index in [0.717, 1.165) is 0 Å². The van der Waals surface area contributed by atoms with E-state index in [9.17, 15) is 0 Å². The molecule has 0 amide bonds. The van der Waals surface area contributed by atoms with E-state index in [1.165, 1.54) is 23.1 Å². The molecule has 0 saturated carbocycles. The normalized spacial score (nSPS) is 15.6. The topological polar surface area (TPSA) is 3.88 Å². The van der Waals surface area contributed by atoms with Crippen molar-refractivity contribution in [3.05, 3.63) is 11.6 Å². The molecule has 2 heterocycles. The zero-order chi connectivity index (χ0) is 6.10. The standard InChI is InChI=1S/C6H8NS2.BrH/c1-2-7-3-5-9-6(7)8-4-1;/h3,5H,1-2,4H2;1H/q+1;/p-1. The zero-order valence-electron chi connectivity index (χ0n) is 5.42. The fraction of sp³-hybridized carbons (Fsp3) is 0.500. The zero-order valence-corrected chi connectivity index (χ0v) is 8.64. The lowest BCUT2D eigenvalue weighted by molar-refractivity contribution is -0.727. The Morgan fingerprint density at radius 1 is 1.50 bits per heavy atom. The number of halogens is 1. The first-order chi connectivity index (χ1) is 4.47. The molecule has 0 aromatic carbocycles. The molecule has 1 aliphatic heterocycles. The van der Waals surface area contributed by atoms with Crippen molar-refractivity contribution in [1.29, 1.82) is 0 Å². The van der Waals surface area contributed by atoms with E-state index < -0.39 is 0 Å². The second-order valence-corrected chi connectivity index (χ2v) is 4.30. The van der Waals surface area contributed by atoms with Crippen LogP contribution in [0.5, 0.6) is 0 Å². The van der Waals surface area contributed by atoms with Gasteiger partial charge in [-0.3, -0.25) is 0 Å². The second-order valence-electron chi connectivity index (χ2n) is 2.06. The van der Waals surface area contributed by atoms with Crippen LogP contribution in [0, 0.1) is 0 Å². The Balaban J connectivity index is 0.000000500. The van der Waals surface area contributed by atoms with Crippen LogP contribution in [-0.4, -0.2) is 5.75 Å². The highest BCUT2D eigenvalue weighted by molar-refractivity contribution is 8.00. The van der Waals surface area contributed by atoms with Crippen LogP contribution in [0.25, 0.3) is 0 Å². The van der Waals surface area contributed by atoms with Crippen molar-refractivity contribution in [2.45, 2.75) is 17.3 Å². The minimum absolute atomic E-state index is 0. The maximum atomic E-state index is 2.33. The number of nitrogens with zero attached hydrogens (tertiary/aromatic N) is 1. The van der Waals surface area contributed by atoms with Crippen LogP contribution in [0.1, 0.15) is 6.42 Å². The molecule has 0 atom stereocenters. The van der Waals surface area contributed by atoms with E-state index >= 15 is 0 Å². The number of hydrogen-bond acceptors (Lipinski definition) is 2. The predicted octanol–water partition coefficient (Wildman–Crippen LogP) is -1.46. The van der Waals surface area contributed by atoms with Crippen LogP contribution in [0.3, 0.4) is 0 Å². The summed E-state index contributed by atoms with van der Waals surface area (Å²) in [5, 5.41) is 2.16. The number of aryl methyl sites for hydroxylation is 1. The van der Waals surface area contributed by atoms with Gasteiger partial charge in [0.15, 0.2) is 12.7 Å². The average molecular weight is 238 g/mol. The Hall–Kier alpha value is 0.460. The maximum Gasteiger partial charge on any atom is 0.297 e. The minimum atomic E-state index is 0. The van der Waals surface area contributed by atoms with Crippen molar-refractivity contribution in [1.82, 2.24) is 0 Å². The first-order valence-electron chi connectivity index (χ1n) is 3.06. The molecule has 56 valence electrons. The Labute approximate surface area is 79.2 Å². The third kappa shape index (κ3) is 1.54. The molecule has 1 aromatic rings. The van der Waals surface area contributed by atoms with Gasteiger partial charge in [0.25, 0.3) is 4.34 Å². The summed E-state index contributed by atoms with van der Waals surface area (Å²) < 4.78 is 3.81. The third-order valence-corrected chi connectivity index (χ3v) is 3.72. The molecule has 0 aliphatic carbocycles. The number of thioether (sulfide) groups is 1. The fourth-order valence-electron chi connectivity index (χ4n) is 0.968. The summed E-state index contributed by atoms with van der Waals surface area (Å²) in [6.45, 7) is 1.23. The summed E-state index contributed by atoms with van der Waals surface area (Å²) in [5.74, 6) is 1.31. The molecule has 1 aliphatic rings. The molecule has 0 spiro atoms. The molecular formula is C6H8BrNS2. The third-order valence-electron chi connectivity index (χ3n) is 1.41. The van der Waals surface area contributed by atoms with E-state index in [1.54, 1.807) is 0 Å². The quantitative estimate of drug-likeness (QED) is 0.499. The van der Waals surface area contributed by atoms with Gasteiger partial charge in [-0.2, -0.15) is 4.57 Å². The lowest BCUT2D eigenvalue weighted by Gasteiger charge is -2.01. The van der Waals surface area contributed by atoms with E-state index in [1.807, 2.05) is 23.1 Å². The van der Waals surface area contributed by atoms with Crippen molar-refractivity contribution in [3.8, 4) is 0 Å². The molecule has 4 heteroatoms. The van der Waals surface area contributed by atoms with E-state index in [-0.39, 0.29) is 17.0 Å². The van der Waals surface area contributed by atoms with Gasteiger partial charge < -0.3 is 17.0 Å². The number of rotatable bonds is 0. The van der Waals surface area contributed by atoms with Crippen molar-refractivity contribution >= 4 is 23.1 Å². The molecule has 0 fully saturated rings. The molecule has 0 unspecified atom stereocenters. The Morgan fingerprint density at radius 2 is 2.40 bits per heavy atom. The lowest BCUT2D eigenvalue weighted by Crippen LogP contribution is -3.00. The largest absolute Gasteiger partial charge is 1.00 e. The molecular weight excluding hydrogens is 230 g/mol. The summed E-state index contributed by atoms with van der Waals surface area (Å²) in [7, 11) is 0. The van der Waals surface area contributed by atoms with Crippen molar-refractivity contribution in [2.75, 3.05) is 5.75 Å². The van der Waals surface area contributed by atoms with Crippen LogP contribution in [0.2, 0.25) is 0 Å². The van der Waals surface area contributed by atoms with Gasteiger partial charge in [-0.15, -0.1) is 0 Å². The van der Waals surface area contributed by atoms with Gasteiger partial charge in [0, 0.05) is 12.2 Å². The molecule has 10 heavy (non-hydrogen) atoms. The molecule has 2 rings (SSSR count). The van der Waals surface area contributed by atoms with Crippen molar-refractivity contribution in [3.63, 3.8) is 0 Å². The van der Waals surface area contributed by atoms with Gasteiger partial charge in [0.1, 0.15) is 0 Å². The fourth-order valence-corrected chi connectivity index (χ4v) is 3.03. The van der Waals surface area contributed by atoms with Crippen LogP contribution in [0.4, 0.5) is 0 Å². The average Bonchev–Trinajstić information content (AvgIpc) is 2.33. The summed E-state index contributed by atoms with van der Waals surface area (Å²) >= 11 is 3.83. The summed E-state index contributed by atoms with van der Waals surface area (Å²) in [6.07, 6.45) is 3.51. The number of aromatic nitrogens is 1. The van der Waals surface area contributed by atoms with Crippen molar-refractivity contribution in [2.24, 2.45) is 0 Å². The highest BCUT2D eigenvalue weighted by Crippen LogP contribution is 2.22. The molecule has 1 nitrogen and oxygen atoms in total. The van der Waals surface area contributed by atoms with Gasteiger partial charge in [-0.1, -0.05) is 11.3 Å². The number of hydrogen-bond donors (Lipinski definition) is 0.